The van der Waals surface area contributed by atoms with Crippen molar-refractivity contribution in [3.63, 3.8) is 0 Å². The van der Waals surface area contributed by atoms with Gasteiger partial charge in [-0.15, -0.1) is 0 Å². The first kappa shape index (κ1) is 26.2. The van der Waals surface area contributed by atoms with Crippen LogP contribution in [0.5, 0.6) is 11.5 Å². The van der Waals surface area contributed by atoms with Gasteiger partial charge in [0, 0.05) is 23.6 Å². The number of nitrogens with two attached hydrogens (primary N) is 1. The SMILES string of the molecule is COCC1(COc2cc3c(N[C@H](C)c4cc(N)cc(C(F)(F)F)n4)nc(C)nc3c(C#N)c2OC)CC1. The quantitative estimate of drug-likeness (QED) is 0.412. The van der Waals surface area contributed by atoms with Gasteiger partial charge < -0.3 is 25.3 Å². The number of aryl methyl sites for hydroxylation is 1. The number of nitrogen functional groups attached to an aromatic ring is 1. The lowest BCUT2D eigenvalue weighted by Crippen LogP contribution is -2.19. The molecule has 3 N–H and O–H groups in total. The van der Waals surface area contributed by atoms with E-state index in [1.54, 1.807) is 27.0 Å². The van der Waals surface area contributed by atoms with Crippen LogP contribution in [-0.2, 0) is 10.9 Å². The van der Waals surface area contributed by atoms with Gasteiger partial charge >= 0.3 is 6.18 Å². The third kappa shape index (κ3) is 5.46. The fraction of sp³-hybridized carbons (Fsp3) is 0.440. The van der Waals surface area contributed by atoms with Crippen molar-refractivity contribution < 1.29 is 27.4 Å². The molecule has 1 aromatic carbocycles. The summed E-state index contributed by atoms with van der Waals surface area (Å²) < 4.78 is 56.8. The van der Waals surface area contributed by atoms with Gasteiger partial charge in [-0.3, -0.25) is 0 Å². The number of nitrogens with zero attached hydrogens (tertiary/aromatic N) is 4. The first-order valence-corrected chi connectivity index (χ1v) is 11.5. The molecule has 2 aromatic heterocycles. The summed E-state index contributed by atoms with van der Waals surface area (Å²) >= 11 is 0. The van der Waals surface area contributed by atoms with Crippen LogP contribution >= 0.6 is 0 Å². The van der Waals surface area contributed by atoms with Crippen LogP contribution in [0.1, 0.15) is 48.6 Å². The zero-order chi connectivity index (χ0) is 27.0. The molecule has 0 amide bonds. The van der Waals surface area contributed by atoms with Crippen LogP contribution in [0.15, 0.2) is 18.2 Å². The number of pyridine rings is 1. The molecule has 9 nitrogen and oxygen atoms in total. The fourth-order valence-electron chi connectivity index (χ4n) is 4.12. The van der Waals surface area contributed by atoms with Crippen LogP contribution in [0.3, 0.4) is 0 Å². The summed E-state index contributed by atoms with van der Waals surface area (Å²) in [4.78, 5) is 12.6. The average Bonchev–Trinajstić information content (AvgIpc) is 3.60. The van der Waals surface area contributed by atoms with Crippen LogP contribution < -0.4 is 20.5 Å². The number of nitriles is 1. The minimum atomic E-state index is -4.64. The third-order valence-electron chi connectivity index (χ3n) is 6.23. The molecule has 1 aliphatic carbocycles. The van der Waals surface area contributed by atoms with Gasteiger partial charge in [0.15, 0.2) is 11.5 Å². The number of hydrogen-bond donors (Lipinski definition) is 2. The number of nitrogens with one attached hydrogen (secondary N) is 1. The molecule has 3 aromatic rings. The number of anilines is 2. The van der Waals surface area contributed by atoms with E-state index in [0.29, 0.717) is 41.5 Å². The summed E-state index contributed by atoms with van der Waals surface area (Å²) in [6.45, 7) is 4.20. The van der Waals surface area contributed by atoms with Gasteiger partial charge in [0.2, 0.25) is 0 Å². The molecule has 1 saturated carbocycles. The number of aromatic nitrogens is 3. The zero-order valence-corrected chi connectivity index (χ0v) is 20.9. The molecule has 2 heterocycles. The Balaban J connectivity index is 1.76. The molecular formula is C25H27F3N6O3. The number of alkyl halides is 3. The second-order valence-corrected chi connectivity index (χ2v) is 9.21. The van der Waals surface area contributed by atoms with Gasteiger partial charge in [-0.05, 0) is 44.9 Å². The highest BCUT2D eigenvalue weighted by atomic mass is 19.4. The Hall–Kier alpha value is -3.85. The second kappa shape index (κ2) is 9.89. The molecule has 37 heavy (non-hydrogen) atoms. The van der Waals surface area contributed by atoms with Crippen molar-refractivity contribution >= 4 is 22.4 Å². The third-order valence-corrected chi connectivity index (χ3v) is 6.23. The number of fused-ring (bicyclic) bond motifs is 1. The maximum absolute atomic E-state index is 13.3. The van der Waals surface area contributed by atoms with Gasteiger partial charge in [-0.1, -0.05) is 0 Å². The molecule has 0 bridgehead atoms. The normalized spacial score (nSPS) is 15.2. The van der Waals surface area contributed by atoms with E-state index in [2.05, 4.69) is 26.3 Å². The van der Waals surface area contributed by atoms with Gasteiger partial charge in [-0.25, -0.2) is 15.0 Å². The molecule has 4 rings (SSSR count). The van der Waals surface area contributed by atoms with Crippen molar-refractivity contribution in [3.8, 4) is 17.6 Å². The Bertz CT molecular complexity index is 1370. The summed E-state index contributed by atoms with van der Waals surface area (Å²) in [6.07, 6.45) is -2.72. The van der Waals surface area contributed by atoms with Gasteiger partial charge in [0.25, 0.3) is 0 Å². The number of hydrogen-bond acceptors (Lipinski definition) is 9. The molecule has 0 saturated heterocycles. The first-order chi connectivity index (χ1) is 17.5. The maximum Gasteiger partial charge on any atom is 0.433 e. The van der Waals surface area contributed by atoms with E-state index in [1.807, 2.05) is 0 Å². The lowest BCUT2D eigenvalue weighted by molar-refractivity contribution is -0.141. The standard InChI is InChI=1S/C25H27F3N6O3/c1-13(18-7-15(30)8-20(34-18)25(26,27)28)31-23-16-9-19(37-12-24(5-6-24)11-35-3)22(36-4)17(10-29)21(16)32-14(2)33-23/h7-9,13H,5-6,11-12H2,1-4H3,(H2,30,34)(H,31,32,33)/t13-/m1/s1. The van der Waals surface area contributed by atoms with Crippen molar-refractivity contribution in [2.45, 2.75) is 38.9 Å². The van der Waals surface area contributed by atoms with Crippen molar-refractivity contribution in [2.24, 2.45) is 5.41 Å². The summed E-state index contributed by atoms with van der Waals surface area (Å²) in [5.41, 5.74) is 5.05. The van der Waals surface area contributed by atoms with Gasteiger partial charge in [-0.2, -0.15) is 18.4 Å². The number of halogens is 3. The minimum absolute atomic E-state index is 0.0630. The molecule has 0 unspecified atom stereocenters. The maximum atomic E-state index is 13.3. The lowest BCUT2D eigenvalue weighted by atomic mass is 10.1. The monoisotopic (exact) mass is 516 g/mol. The van der Waals surface area contributed by atoms with E-state index in [1.165, 1.54) is 13.2 Å². The fourth-order valence-corrected chi connectivity index (χ4v) is 4.12. The van der Waals surface area contributed by atoms with Crippen LogP contribution in [0.2, 0.25) is 0 Å². The Kier molecular flexibility index (Phi) is 7.01. The van der Waals surface area contributed by atoms with Crippen LogP contribution in [0.4, 0.5) is 24.7 Å². The van der Waals surface area contributed by atoms with E-state index in [4.69, 9.17) is 19.9 Å². The van der Waals surface area contributed by atoms with Crippen molar-refractivity contribution in [1.29, 1.82) is 5.26 Å². The summed E-state index contributed by atoms with van der Waals surface area (Å²) in [5.74, 6) is 1.23. The second-order valence-electron chi connectivity index (χ2n) is 9.21. The molecule has 196 valence electrons. The van der Waals surface area contributed by atoms with Crippen molar-refractivity contribution in [1.82, 2.24) is 15.0 Å². The Morgan fingerprint density at radius 2 is 1.89 bits per heavy atom. The highest BCUT2D eigenvalue weighted by Gasteiger charge is 2.44. The average molecular weight is 517 g/mol. The minimum Gasteiger partial charge on any atom is -0.491 e. The molecule has 1 aliphatic rings. The molecule has 0 aliphatic heterocycles. The predicted molar refractivity (Wildman–Crippen MR) is 130 cm³/mol. The van der Waals surface area contributed by atoms with E-state index in [-0.39, 0.29) is 28.1 Å². The Labute approximate surface area is 211 Å². The topological polar surface area (TPSA) is 128 Å². The number of benzene rings is 1. The molecule has 1 atom stereocenters. The highest BCUT2D eigenvalue weighted by Crippen LogP contribution is 2.47. The van der Waals surface area contributed by atoms with E-state index >= 15 is 0 Å². The zero-order valence-electron chi connectivity index (χ0n) is 20.9. The Morgan fingerprint density at radius 3 is 2.49 bits per heavy atom. The smallest absolute Gasteiger partial charge is 0.433 e. The number of ether oxygens (including phenoxy) is 3. The van der Waals surface area contributed by atoms with E-state index < -0.39 is 17.9 Å². The van der Waals surface area contributed by atoms with Crippen molar-refractivity contribution in [2.75, 3.05) is 38.5 Å². The summed E-state index contributed by atoms with van der Waals surface area (Å²) in [6, 6.07) is 5.24. The largest absolute Gasteiger partial charge is 0.491 e. The van der Waals surface area contributed by atoms with E-state index in [0.717, 1.165) is 18.9 Å². The molecule has 0 spiro atoms. The molecule has 0 radical (unpaired) electrons. The number of rotatable bonds is 9. The summed E-state index contributed by atoms with van der Waals surface area (Å²) in [5, 5.41) is 13.5. The molecule has 12 heteroatoms. The Morgan fingerprint density at radius 1 is 1.16 bits per heavy atom. The number of methoxy groups -OCH3 is 2. The molecular weight excluding hydrogens is 489 g/mol. The highest BCUT2D eigenvalue weighted by molar-refractivity contribution is 5.96. The predicted octanol–water partition coefficient (Wildman–Crippen LogP) is 4.79. The van der Waals surface area contributed by atoms with Crippen molar-refractivity contribution in [3.05, 3.63) is 41.0 Å². The molecule has 1 fully saturated rings. The van der Waals surface area contributed by atoms with Crippen LogP contribution in [0.25, 0.3) is 10.9 Å². The van der Waals surface area contributed by atoms with Gasteiger partial charge in [0.05, 0.1) is 37.6 Å². The van der Waals surface area contributed by atoms with E-state index in [9.17, 15) is 18.4 Å². The summed E-state index contributed by atoms with van der Waals surface area (Å²) in [7, 11) is 3.08. The van der Waals surface area contributed by atoms with Crippen LogP contribution in [0, 0.1) is 23.7 Å². The van der Waals surface area contributed by atoms with Gasteiger partial charge in [0.1, 0.15) is 29.0 Å². The first-order valence-electron chi connectivity index (χ1n) is 11.5. The van der Waals surface area contributed by atoms with Crippen LogP contribution in [-0.4, -0.2) is 42.4 Å². The lowest BCUT2D eigenvalue weighted by Gasteiger charge is -2.20.